The average molecular weight is 432 g/mol. The fraction of sp³-hybridized carbons (Fsp3) is 0. The normalized spacial score (nSPS) is 10.2. The van der Waals surface area contributed by atoms with Gasteiger partial charge in [-0.25, -0.2) is 4.39 Å². The second kappa shape index (κ2) is 6.64. The number of rotatable bonds is 3. The fourth-order valence-corrected chi connectivity index (χ4v) is 2.60. The van der Waals surface area contributed by atoms with E-state index in [1.54, 1.807) is 18.2 Å². The fourth-order valence-electron chi connectivity index (χ4n) is 1.70. The topological polar surface area (TPSA) is 55.1 Å². The molecule has 2 aromatic carbocycles. The molecule has 0 saturated carbocycles. The van der Waals surface area contributed by atoms with E-state index in [0.29, 0.717) is 15.7 Å². The zero-order valence-corrected chi connectivity index (χ0v) is 14.5. The van der Waals surface area contributed by atoms with Gasteiger partial charge in [0.05, 0.1) is 11.3 Å². The van der Waals surface area contributed by atoms with Gasteiger partial charge in [0.2, 0.25) is 0 Å². The van der Waals surface area contributed by atoms with Crippen molar-refractivity contribution in [1.29, 1.82) is 0 Å². The molecule has 2 rings (SSSR count). The Kier molecular flexibility index (Phi) is 5.08. The molecule has 0 aromatic heterocycles. The zero-order valence-electron chi connectivity index (χ0n) is 10.5. The number of nitrogens with one attached hydrogen (secondary N) is 1. The zero-order chi connectivity index (χ0) is 15.6. The molecule has 3 nitrogen and oxygen atoms in total. The van der Waals surface area contributed by atoms with Crippen molar-refractivity contribution in [2.45, 2.75) is 0 Å². The summed E-state index contributed by atoms with van der Waals surface area (Å²) in [5.74, 6) is -1.19. The molecule has 3 N–H and O–H groups in total. The lowest BCUT2D eigenvalue weighted by Crippen LogP contribution is -2.18. The molecule has 0 aliphatic carbocycles. The lowest BCUT2D eigenvalue weighted by molar-refractivity contribution is 0.102. The van der Waals surface area contributed by atoms with E-state index in [-0.39, 0.29) is 10.6 Å². The first kappa shape index (κ1) is 16.1. The van der Waals surface area contributed by atoms with Crippen LogP contribution in [0.3, 0.4) is 0 Å². The molecule has 0 unspecified atom stereocenters. The molecule has 0 atom stereocenters. The van der Waals surface area contributed by atoms with Gasteiger partial charge < -0.3 is 11.1 Å². The quantitative estimate of drug-likeness (QED) is 0.714. The van der Waals surface area contributed by atoms with Crippen molar-refractivity contribution in [2.24, 2.45) is 5.73 Å². The van der Waals surface area contributed by atoms with Crippen molar-refractivity contribution in [2.75, 3.05) is 5.32 Å². The van der Waals surface area contributed by atoms with Crippen LogP contribution >= 0.6 is 44.1 Å². The number of nitrogens with two attached hydrogens (primary N) is 1. The van der Waals surface area contributed by atoms with Crippen LogP contribution in [0.25, 0.3) is 0 Å². The van der Waals surface area contributed by atoms with E-state index in [9.17, 15) is 9.18 Å². The van der Waals surface area contributed by atoms with Crippen LogP contribution in [0.4, 0.5) is 10.1 Å². The monoisotopic (exact) mass is 430 g/mol. The summed E-state index contributed by atoms with van der Waals surface area (Å²) in [7, 11) is 0. The van der Waals surface area contributed by atoms with Crippen LogP contribution in [0.1, 0.15) is 15.9 Å². The van der Waals surface area contributed by atoms with Crippen LogP contribution in [0.15, 0.2) is 45.3 Å². The molecular formula is C14H9Br2FN2OS. The van der Waals surface area contributed by atoms with E-state index in [1.807, 2.05) is 0 Å². The second-order valence-corrected chi connectivity index (χ2v) is 6.40. The smallest absolute Gasteiger partial charge is 0.258 e. The average Bonchev–Trinajstić information content (AvgIpc) is 2.41. The van der Waals surface area contributed by atoms with Crippen molar-refractivity contribution in [3.63, 3.8) is 0 Å². The van der Waals surface area contributed by atoms with Gasteiger partial charge in [-0.05, 0) is 36.4 Å². The van der Waals surface area contributed by atoms with Gasteiger partial charge in [-0.1, -0.05) is 44.1 Å². The largest absolute Gasteiger partial charge is 0.389 e. The summed E-state index contributed by atoms with van der Waals surface area (Å²) in [6.07, 6.45) is 0. The first-order chi connectivity index (χ1) is 9.88. The van der Waals surface area contributed by atoms with Crippen LogP contribution in [-0.2, 0) is 0 Å². The number of halogens is 3. The predicted molar refractivity (Wildman–Crippen MR) is 92.1 cm³/mol. The van der Waals surface area contributed by atoms with E-state index in [1.165, 1.54) is 18.2 Å². The highest BCUT2D eigenvalue weighted by Gasteiger charge is 2.15. The highest BCUT2D eigenvalue weighted by molar-refractivity contribution is 9.10. The summed E-state index contributed by atoms with van der Waals surface area (Å²) in [5.41, 5.74) is 6.47. The van der Waals surface area contributed by atoms with Crippen LogP contribution in [0.5, 0.6) is 0 Å². The Balaban J connectivity index is 2.38. The third-order valence-corrected chi connectivity index (χ3v) is 3.87. The first-order valence-corrected chi connectivity index (χ1v) is 7.73. The Hall–Kier alpha value is -1.31. The summed E-state index contributed by atoms with van der Waals surface area (Å²) in [4.78, 5) is 12.3. The van der Waals surface area contributed by atoms with Crippen LogP contribution < -0.4 is 11.1 Å². The molecule has 0 radical (unpaired) electrons. The van der Waals surface area contributed by atoms with Gasteiger partial charge in [0.25, 0.3) is 5.91 Å². The van der Waals surface area contributed by atoms with Gasteiger partial charge in [-0.3, -0.25) is 4.79 Å². The number of hydrogen-bond donors (Lipinski definition) is 2. The molecule has 0 heterocycles. The number of carbonyl (C=O) groups is 1. The van der Waals surface area contributed by atoms with Crippen molar-refractivity contribution in [3.8, 4) is 0 Å². The molecule has 1 amide bonds. The predicted octanol–water partition coefficient (Wildman–Crippen LogP) is 4.24. The molecule has 0 spiro atoms. The third-order valence-electron chi connectivity index (χ3n) is 2.67. The lowest BCUT2D eigenvalue weighted by atomic mass is 10.1. The molecule has 0 fully saturated rings. The van der Waals surface area contributed by atoms with Gasteiger partial charge in [0, 0.05) is 14.5 Å². The molecule has 7 heteroatoms. The van der Waals surface area contributed by atoms with Gasteiger partial charge in [0.1, 0.15) is 10.8 Å². The van der Waals surface area contributed by atoms with E-state index in [4.69, 9.17) is 18.0 Å². The van der Waals surface area contributed by atoms with Gasteiger partial charge in [-0.15, -0.1) is 0 Å². The number of carbonyl (C=O) groups excluding carboxylic acids is 1. The van der Waals surface area contributed by atoms with Crippen LogP contribution in [0.2, 0.25) is 0 Å². The Bertz CT molecular complexity index is 737. The molecule has 0 aliphatic rings. The van der Waals surface area contributed by atoms with E-state index in [0.717, 1.165) is 4.47 Å². The number of anilines is 1. The van der Waals surface area contributed by atoms with Crippen molar-refractivity contribution >= 4 is 60.7 Å². The number of benzene rings is 2. The van der Waals surface area contributed by atoms with Crippen LogP contribution in [-0.4, -0.2) is 10.9 Å². The summed E-state index contributed by atoms with van der Waals surface area (Å²) >= 11 is 11.4. The molecule has 0 aliphatic heterocycles. The SMILES string of the molecule is NC(=S)c1ccc(Br)cc1NC(=O)c1cc(Br)ccc1F. The minimum Gasteiger partial charge on any atom is -0.389 e. The van der Waals surface area contributed by atoms with Crippen molar-refractivity contribution < 1.29 is 9.18 Å². The van der Waals surface area contributed by atoms with Crippen molar-refractivity contribution in [1.82, 2.24) is 0 Å². The van der Waals surface area contributed by atoms with E-state index >= 15 is 0 Å². The summed E-state index contributed by atoms with van der Waals surface area (Å²) in [6.45, 7) is 0. The highest BCUT2D eigenvalue weighted by Crippen LogP contribution is 2.23. The summed E-state index contributed by atoms with van der Waals surface area (Å²) < 4.78 is 15.1. The van der Waals surface area contributed by atoms with Crippen molar-refractivity contribution in [3.05, 3.63) is 62.3 Å². The maximum absolute atomic E-state index is 13.7. The third kappa shape index (κ3) is 3.87. The first-order valence-electron chi connectivity index (χ1n) is 5.74. The standard InChI is InChI=1S/C14H9Br2FN2OS/c15-7-2-4-11(17)10(5-7)14(20)19-12-6-8(16)1-3-9(12)13(18)21/h1-6H,(H2,18,21)(H,19,20). The number of hydrogen-bond acceptors (Lipinski definition) is 2. The van der Waals surface area contributed by atoms with Gasteiger partial charge in [-0.2, -0.15) is 0 Å². The lowest BCUT2D eigenvalue weighted by Gasteiger charge is -2.11. The van der Waals surface area contributed by atoms with Gasteiger partial charge >= 0.3 is 0 Å². The van der Waals surface area contributed by atoms with E-state index < -0.39 is 11.7 Å². The molecule has 0 saturated heterocycles. The summed E-state index contributed by atoms with van der Waals surface area (Å²) in [5, 5.41) is 2.62. The molecule has 0 bridgehead atoms. The molecular weight excluding hydrogens is 423 g/mol. The van der Waals surface area contributed by atoms with Gasteiger partial charge in [0.15, 0.2) is 0 Å². The Morgan fingerprint density at radius 2 is 1.71 bits per heavy atom. The Morgan fingerprint density at radius 1 is 1.10 bits per heavy atom. The maximum Gasteiger partial charge on any atom is 0.258 e. The second-order valence-electron chi connectivity index (χ2n) is 4.13. The molecule has 108 valence electrons. The number of amides is 1. The Labute approximate surface area is 143 Å². The Morgan fingerprint density at radius 3 is 2.38 bits per heavy atom. The van der Waals surface area contributed by atoms with E-state index in [2.05, 4.69) is 37.2 Å². The molecule has 21 heavy (non-hydrogen) atoms. The number of thiocarbonyl (C=S) groups is 1. The van der Waals surface area contributed by atoms with Crippen LogP contribution in [0, 0.1) is 5.82 Å². The minimum atomic E-state index is -0.609. The maximum atomic E-state index is 13.7. The highest BCUT2D eigenvalue weighted by atomic mass is 79.9. The summed E-state index contributed by atoms with van der Waals surface area (Å²) in [6, 6.07) is 9.23. The molecule has 2 aromatic rings. The minimum absolute atomic E-state index is 0.0711.